The number of benzene rings is 3. The molecule has 2 N–H and O–H groups in total. The van der Waals surface area contributed by atoms with Crippen LogP contribution >= 0.6 is 11.6 Å². The van der Waals surface area contributed by atoms with Gasteiger partial charge in [0.2, 0.25) is 5.91 Å². The first-order valence-electron chi connectivity index (χ1n) is 10.9. The van der Waals surface area contributed by atoms with Crippen molar-refractivity contribution >= 4 is 45.7 Å². The number of imidazole rings is 1. The number of nitrogens with zero attached hydrogens (tertiary/aromatic N) is 3. The molecule has 0 bridgehead atoms. The summed E-state index contributed by atoms with van der Waals surface area (Å²) >= 11 is 6.15. The van der Waals surface area contributed by atoms with Crippen molar-refractivity contribution in [2.75, 3.05) is 5.32 Å². The van der Waals surface area contributed by atoms with Gasteiger partial charge in [-0.2, -0.15) is 0 Å². The molecular formula is C26H18ClN5O3. The maximum atomic E-state index is 13.1. The van der Waals surface area contributed by atoms with Crippen molar-refractivity contribution in [1.82, 2.24) is 14.5 Å². The number of hydrogen-bond acceptors (Lipinski definition) is 5. The first-order valence-corrected chi connectivity index (χ1v) is 11.2. The number of nitrogens with one attached hydrogen (secondary N) is 2. The molecule has 5 aromatic rings. The van der Waals surface area contributed by atoms with Crippen LogP contribution in [0.4, 0.5) is 11.4 Å². The van der Waals surface area contributed by atoms with E-state index in [0.29, 0.717) is 38.8 Å². The Bertz CT molecular complexity index is 1690. The molecule has 1 aliphatic heterocycles. The molecule has 0 fully saturated rings. The SMILES string of the molecule is Cn1ccnc1-c1ccc(N=C(c2ccc3oc(=O)[nH]c3c2)C2C(=O)Nc3cc(Cl)ccc32)cc1. The molecular weight excluding hydrogens is 466 g/mol. The Morgan fingerprint density at radius 2 is 1.91 bits per heavy atom. The fraction of sp³-hybridized carbons (Fsp3) is 0.0769. The minimum Gasteiger partial charge on any atom is -0.408 e. The fourth-order valence-corrected chi connectivity index (χ4v) is 4.55. The number of anilines is 1. The van der Waals surface area contributed by atoms with Gasteiger partial charge in [-0.15, -0.1) is 0 Å². The predicted octanol–water partition coefficient (Wildman–Crippen LogP) is 5.03. The van der Waals surface area contributed by atoms with Crippen LogP contribution in [0.15, 0.2) is 87.3 Å². The summed E-state index contributed by atoms with van der Waals surface area (Å²) in [4.78, 5) is 36.8. The highest BCUT2D eigenvalue weighted by molar-refractivity contribution is 6.31. The van der Waals surface area contributed by atoms with Crippen LogP contribution in [0.1, 0.15) is 17.0 Å². The normalized spacial score (nSPS) is 15.4. The Labute approximate surface area is 203 Å². The molecule has 1 aliphatic rings. The lowest BCUT2D eigenvalue weighted by Crippen LogP contribution is -2.22. The molecule has 1 unspecified atom stereocenters. The van der Waals surface area contributed by atoms with Gasteiger partial charge in [0, 0.05) is 35.7 Å². The van der Waals surface area contributed by atoms with Gasteiger partial charge in [-0.1, -0.05) is 17.7 Å². The Balaban J connectivity index is 1.49. The number of hydrogen-bond donors (Lipinski definition) is 2. The zero-order valence-corrected chi connectivity index (χ0v) is 19.2. The van der Waals surface area contributed by atoms with E-state index in [1.165, 1.54) is 0 Å². The Morgan fingerprint density at radius 3 is 2.69 bits per heavy atom. The summed E-state index contributed by atoms with van der Waals surface area (Å²) in [5.41, 5.74) is 5.25. The number of halogens is 1. The molecule has 0 saturated carbocycles. The van der Waals surface area contributed by atoms with Crippen LogP contribution in [0, 0.1) is 0 Å². The topological polar surface area (TPSA) is 105 Å². The molecule has 35 heavy (non-hydrogen) atoms. The zero-order valence-electron chi connectivity index (χ0n) is 18.4. The lowest BCUT2D eigenvalue weighted by Gasteiger charge is -2.14. The first-order chi connectivity index (χ1) is 17.0. The first kappa shape index (κ1) is 21.1. The number of aryl methyl sites for hydroxylation is 1. The molecule has 0 radical (unpaired) electrons. The van der Waals surface area contributed by atoms with Gasteiger partial charge >= 0.3 is 5.76 Å². The summed E-state index contributed by atoms with van der Waals surface area (Å²) in [6.45, 7) is 0. The number of rotatable bonds is 4. The summed E-state index contributed by atoms with van der Waals surface area (Å²) in [6, 6.07) is 18.2. The van der Waals surface area contributed by atoms with Crippen LogP contribution in [0.5, 0.6) is 0 Å². The van der Waals surface area contributed by atoms with Crippen LogP contribution < -0.4 is 11.1 Å². The maximum Gasteiger partial charge on any atom is 0.417 e. The summed E-state index contributed by atoms with van der Waals surface area (Å²) in [7, 11) is 1.94. The predicted molar refractivity (Wildman–Crippen MR) is 134 cm³/mol. The van der Waals surface area contributed by atoms with Gasteiger partial charge in [-0.25, -0.2) is 9.78 Å². The minimum absolute atomic E-state index is 0.202. The number of H-pyrrole nitrogens is 1. The Hall–Kier alpha value is -4.43. The third-order valence-corrected chi connectivity index (χ3v) is 6.27. The van der Waals surface area contributed by atoms with Crippen molar-refractivity contribution in [2.24, 2.45) is 12.0 Å². The van der Waals surface area contributed by atoms with E-state index < -0.39 is 11.7 Å². The van der Waals surface area contributed by atoms with Gasteiger partial charge in [-0.05, 0) is 65.7 Å². The molecule has 3 heterocycles. The van der Waals surface area contributed by atoms with E-state index >= 15 is 0 Å². The highest BCUT2D eigenvalue weighted by Crippen LogP contribution is 2.38. The number of aromatic amines is 1. The number of fused-ring (bicyclic) bond motifs is 2. The van der Waals surface area contributed by atoms with E-state index in [1.807, 2.05) is 48.1 Å². The second kappa shape index (κ2) is 8.11. The van der Waals surface area contributed by atoms with Crippen molar-refractivity contribution in [3.05, 3.63) is 99.8 Å². The molecule has 2 aromatic heterocycles. The van der Waals surface area contributed by atoms with Gasteiger partial charge in [0.1, 0.15) is 11.7 Å². The van der Waals surface area contributed by atoms with Gasteiger partial charge in [0.05, 0.1) is 16.9 Å². The third kappa shape index (κ3) is 3.74. The van der Waals surface area contributed by atoms with E-state index in [0.717, 1.165) is 17.0 Å². The number of aromatic nitrogens is 3. The standard InChI is InChI=1S/C26H18ClN5O3/c1-32-11-10-28-24(32)14-2-6-17(7-3-14)29-23(15-4-9-21-20(12-15)31-26(34)35-21)22-18-8-5-16(27)13-19(18)30-25(22)33/h2-13,22H,1H3,(H,30,33)(H,31,34). The molecule has 0 saturated heterocycles. The fourth-order valence-electron chi connectivity index (χ4n) is 4.38. The monoisotopic (exact) mass is 483 g/mol. The number of aliphatic imine (C=N–C) groups is 1. The van der Waals surface area contributed by atoms with Gasteiger partial charge in [0.15, 0.2) is 5.58 Å². The molecule has 172 valence electrons. The highest BCUT2D eigenvalue weighted by Gasteiger charge is 2.35. The zero-order chi connectivity index (χ0) is 24.1. The number of oxazole rings is 1. The number of carbonyl (C=O) groups excluding carboxylic acids is 1. The molecule has 0 aliphatic carbocycles. The van der Waals surface area contributed by atoms with E-state index in [4.69, 9.17) is 21.0 Å². The summed E-state index contributed by atoms with van der Waals surface area (Å²) in [6.07, 6.45) is 3.64. The van der Waals surface area contributed by atoms with E-state index in [9.17, 15) is 9.59 Å². The summed E-state index contributed by atoms with van der Waals surface area (Å²) < 4.78 is 7.08. The van der Waals surface area contributed by atoms with E-state index in [-0.39, 0.29) is 5.91 Å². The van der Waals surface area contributed by atoms with E-state index in [1.54, 1.807) is 36.5 Å². The van der Waals surface area contributed by atoms with Crippen LogP contribution in [0.3, 0.4) is 0 Å². The van der Waals surface area contributed by atoms with Crippen LogP contribution in [-0.2, 0) is 11.8 Å². The lowest BCUT2D eigenvalue weighted by molar-refractivity contribution is -0.115. The molecule has 0 spiro atoms. The molecule has 8 nitrogen and oxygen atoms in total. The third-order valence-electron chi connectivity index (χ3n) is 6.03. The Morgan fingerprint density at radius 1 is 1.09 bits per heavy atom. The van der Waals surface area contributed by atoms with Crippen molar-refractivity contribution in [1.29, 1.82) is 0 Å². The second-order valence-corrected chi connectivity index (χ2v) is 8.72. The molecule has 9 heteroatoms. The molecule has 6 rings (SSSR count). The van der Waals surface area contributed by atoms with Crippen molar-refractivity contribution < 1.29 is 9.21 Å². The quantitative estimate of drug-likeness (QED) is 0.349. The minimum atomic E-state index is -0.660. The lowest BCUT2D eigenvalue weighted by atomic mass is 9.90. The van der Waals surface area contributed by atoms with Crippen molar-refractivity contribution in [3.63, 3.8) is 0 Å². The van der Waals surface area contributed by atoms with Gasteiger partial charge < -0.3 is 14.3 Å². The highest BCUT2D eigenvalue weighted by atomic mass is 35.5. The maximum absolute atomic E-state index is 13.1. The number of carbonyl (C=O) groups is 1. The second-order valence-electron chi connectivity index (χ2n) is 8.28. The average Bonchev–Trinajstić information content (AvgIpc) is 3.52. The largest absolute Gasteiger partial charge is 0.417 e. The van der Waals surface area contributed by atoms with Gasteiger partial charge in [-0.3, -0.25) is 14.8 Å². The van der Waals surface area contributed by atoms with E-state index in [2.05, 4.69) is 15.3 Å². The van der Waals surface area contributed by atoms with Crippen LogP contribution in [-0.4, -0.2) is 26.2 Å². The van der Waals surface area contributed by atoms with Crippen molar-refractivity contribution in [2.45, 2.75) is 5.92 Å². The molecule has 1 amide bonds. The summed E-state index contributed by atoms with van der Waals surface area (Å²) in [5.74, 6) is -0.561. The van der Waals surface area contributed by atoms with Crippen LogP contribution in [0.25, 0.3) is 22.5 Å². The number of amides is 1. The molecule has 1 atom stereocenters. The molecule has 3 aromatic carbocycles. The Kier molecular flexibility index (Phi) is 4.89. The van der Waals surface area contributed by atoms with Crippen molar-refractivity contribution in [3.8, 4) is 11.4 Å². The summed E-state index contributed by atoms with van der Waals surface area (Å²) in [5, 5.41) is 3.44. The average molecular weight is 484 g/mol. The van der Waals surface area contributed by atoms with Crippen LogP contribution in [0.2, 0.25) is 5.02 Å². The van der Waals surface area contributed by atoms with Gasteiger partial charge in [0.25, 0.3) is 0 Å². The smallest absolute Gasteiger partial charge is 0.408 e.